The van der Waals surface area contributed by atoms with Crippen LogP contribution in [0.3, 0.4) is 0 Å². The zero-order chi connectivity index (χ0) is 22.2. The first-order valence-corrected chi connectivity index (χ1v) is 11.0. The third kappa shape index (κ3) is 6.23. The van der Waals surface area contributed by atoms with Crippen LogP contribution in [0, 0.1) is 0 Å². The molecule has 6 heteroatoms. The van der Waals surface area contributed by atoms with Crippen molar-refractivity contribution in [3.63, 3.8) is 0 Å². The van der Waals surface area contributed by atoms with Gasteiger partial charge in [0.25, 0.3) is 0 Å². The molecule has 1 N–H and O–H groups in total. The van der Waals surface area contributed by atoms with Crippen LogP contribution in [-0.4, -0.2) is 42.1 Å². The van der Waals surface area contributed by atoms with Crippen molar-refractivity contribution in [3.05, 3.63) is 59.7 Å². The number of hydrogen-bond acceptors (Lipinski definition) is 4. The molecular weight excluding hydrogens is 392 g/mol. The zero-order valence-electron chi connectivity index (χ0n) is 18.6. The second kappa shape index (κ2) is 10.8. The number of aryl methyl sites for hydroxylation is 1. The van der Waals surface area contributed by atoms with Gasteiger partial charge in [0.15, 0.2) is 11.5 Å². The van der Waals surface area contributed by atoms with Gasteiger partial charge in [-0.3, -0.25) is 9.59 Å². The monoisotopic (exact) mass is 424 g/mol. The Morgan fingerprint density at radius 1 is 1.00 bits per heavy atom. The second-order valence-corrected chi connectivity index (χ2v) is 8.00. The van der Waals surface area contributed by atoms with Gasteiger partial charge in [0.2, 0.25) is 18.6 Å². The van der Waals surface area contributed by atoms with Crippen LogP contribution < -0.4 is 14.8 Å². The van der Waals surface area contributed by atoms with Gasteiger partial charge < -0.3 is 19.7 Å². The van der Waals surface area contributed by atoms with E-state index in [4.69, 9.17) is 9.47 Å². The number of carbonyl (C=O) groups excluding carboxylic acids is 2. The number of amides is 2. The minimum atomic E-state index is -0.526. The molecule has 2 atom stereocenters. The Hall–Kier alpha value is -3.02. The Morgan fingerprint density at radius 2 is 1.74 bits per heavy atom. The number of carbonyl (C=O) groups is 2. The van der Waals surface area contributed by atoms with Crippen molar-refractivity contribution in [2.45, 2.75) is 58.5 Å². The molecule has 0 spiro atoms. The summed E-state index contributed by atoms with van der Waals surface area (Å²) in [6.07, 6.45) is 2.46. The fourth-order valence-electron chi connectivity index (χ4n) is 3.53. The summed E-state index contributed by atoms with van der Waals surface area (Å²) < 4.78 is 10.8. The van der Waals surface area contributed by atoms with E-state index in [1.807, 2.05) is 62.4 Å². The van der Waals surface area contributed by atoms with E-state index in [-0.39, 0.29) is 24.6 Å². The maximum atomic E-state index is 13.2. The van der Waals surface area contributed by atoms with Gasteiger partial charge in [-0.1, -0.05) is 43.3 Å². The molecule has 0 radical (unpaired) electrons. The van der Waals surface area contributed by atoms with Gasteiger partial charge in [-0.05, 0) is 56.4 Å². The number of fused-ring (bicyclic) bond motifs is 1. The van der Waals surface area contributed by atoms with E-state index in [0.29, 0.717) is 31.6 Å². The number of nitrogens with zero attached hydrogens (tertiary/aromatic N) is 1. The van der Waals surface area contributed by atoms with Crippen molar-refractivity contribution < 1.29 is 19.1 Å². The van der Waals surface area contributed by atoms with Gasteiger partial charge in [0.1, 0.15) is 6.04 Å². The molecule has 166 valence electrons. The molecule has 3 rings (SSSR count). The fourth-order valence-corrected chi connectivity index (χ4v) is 3.53. The number of nitrogens with one attached hydrogen (secondary N) is 1. The fraction of sp³-hybridized carbons (Fsp3) is 0.440. The summed E-state index contributed by atoms with van der Waals surface area (Å²) in [4.78, 5) is 27.6. The minimum absolute atomic E-state index is 0.0274. The van der Waals surface area contributed by atoms with Crippen molar-refractivity contribution >= 4 is 11.8 Å². The minimum Gasteiger partial charge on any atom is -0.454 e. The maximum Gasteiger partial charge on any atom is 0.242 e. The third-order valence-corrected chi connectivity index (χ3v) is 5.72. The van der Waals surface area contributed by atoms with Crippen molar-refractivity contribution in [1.29, 1.82) is 0 Å². The van der Waals surface area contributed by atoms with Crippen LogP contribution in [0.5, 0.6) is 11.5 Å². The lowest BCUT2D eigenvalue weighted by Crippen LogP contribution is -2.50. The summed E-state index contributed by atoms with van der Waals surface area (Å²) in [5.74, 6) is 1.31. The van der Waals surface area contributed by atoms with E-state index in [0.717, 1.165) is 23.3 Å². The molecule has 6 nitrogen and oxygen atoms in total. The average molecular weight is 425 g/mol. The van der Waals surface area contributed by atoms with Gasteiger partial charge in [-0.2, -0.15) is 0 Å². The SMILES string of the molecule is CC[C@@H](C)NC(=O)[C@@H](C)N(CCc1ccccc1)C(=O)CCc1ccc2c(c1)OCO2. The first-order valence-electron chi connectivity index (χ1n) is 11.0. The van der Waals surface area contributed by atoms with E-state index in [2.05, 4.69) is 5.32 Å². The smallest absolute Gasteiger partial charge is 0.242 e. The van der Waals surface area contributed by atoms with E-state index < -0.39 is 6.04 Å². The molecule has 31 heavy (non-hydrogen) atoms. The molecule has 0 saturated carbocycles. The van der Waals surface area contributed by atoms with Crippen LogP contribution in [0.1, 0.15) is 44.7 Å². The lowest BCUT2D eigenvalue weighted by molar-refractivity contribution is -0.140. The normalized spacial score (nSPS) is 14.0. The second-order valence-electron chi connectivity index (χ2n) is 8.00. The highest BCUT2D eigenvalue weighted by atomic mass is 16.7. The Balaban J connectivity index is 1.66. The average Bonchev–Trinajstić information content (AvgIpc) is 3.26. The van der Waals surface area contributed by atoms with Crippen LogP contribution in [-0.2, 0) is 22.4 Å². The molecule has 1 aliphatic heterocycles. The third-order valence-electron chi connectivity index (χ3n) is 5.72. The van der Waals surface area contributed by atoms with Crippen molar-refractivity contribution in [2.75, 3.05) is 13.3 Å². The predicted octanol–water partition coefficient (Wildman–Crippen LogP) is 3.72. The Morgan fingerprint density at radius 3 is 2.48 bits per heavy atom. The van der Waals surface area contributed by atoms with Crippen molar-refractivity contribution in [1.82, 2.24) is 10.2 Å². The van der Waals surface area contributed by atoms with Crippen LogP contribution in [0.25, 0.3) is 0 Å². The number of hydrogen-bond donors (Lipinski definition) is 1. The lowest BCUT2D eigenvalue weighted by atomic mass is 10.1. The molecule has 1 heterocycles. The molecule has 2 amide bonds. The Kier molecular flexibility index (Phi) is 7.93. The highest BCUT2D eigenvalue weighted by molar-refractivity contribution is 5.87. The van der Waals surface area contributed by atoms with Crippen LogP contribution in [0.2, 0.25) is 0 Å². The molecule has 2 aromatic carbocycles. The van der Waals surface area contributed by atoms with Gasteiger partial charge in [0.05, 0.1) is 0 Å². The molecule has 0 fully saturated rings. The molecule has 0 aliphatic carbocycles. The molecule has 0 unspecified atom stereocenters. The first-order chi connectivity index (χ1) is 15.0. The highest BCUT2D eigenvalue weighted by Gasteiger charge is 2.26. The number of benzene rings is 2. The molecule has 0 saturated heterocycles. The van der Waals surface area contributed by atoms with E-state index in [1.54, 1.807) is 11.8 Å². The lowest BCUT2D eigenvalue weighted by Gasteiger charge is -2.29. The number of ether oxygens (including phenoxy) is 2. The van der Waals surface area contributed by atoms with Gasteiger partial charge >= 0.3 is 0 Å². The van der Waals surface area contributed by atoms with Crippen molar-refractivity contribution in [2.24, 2.45) is 0 Å². The van der Waals surface area contributed by atoms with E-state index in [1.165, 1.54) is 0 Å². The highest BCUT2D eigenvalue weighted by Crippen LogP contribution is 2.32. The molecule has 0 aromatic heterocycles. The van der Waals surface area contributed by atoms with Gasteiger partial charge in [-0.25, -0.2) is 0 Å². The molecule has 0 bridgehead atoms. The maximum absolute atomic E-state index is 13.2. The quantitative estimate of drug-likeness (QED) is 0.631. The van der Waals surface area contributed by atoms with E-state index >= 15 is 0 Å². The van der Waals surface area contributed by atoms with E-state index in [9.17, 15) is 9.59 Å². The van der Waals surface area contributed by atoms with Crippen molar-refractivity contribution in [3.8, 4) is 11.5 Å². The van der Waals surface area contributed by atoms with Gasteiger partial charge in [-0.15, -0.1) is 0 Å². The molecule has 2 aromatic rings. The largest absolute Gasteiger partial charge is 0.454 e. The predicted molar refractivity (Wildman–Crippen MR) is 120 cm³/mol. The molecular formula is C25H32N2O4. The molecule has 1 aliphatic rings. The Bertz CT molecular complexity index is 884. The summed E-state index contributed by atoms with van der Waals surface area (Å²) in [7, 11) is 0. The first kappa shape index (κ1) is 22.7. The Labute approximate surface area is 184 Å². The van der Waals surface area contributed by atoms with Crippen LogP contribution in [0.4, 0.5) is 0 Å². The summed E-state index contributed by atoms with van der Waals surface area (Å²) in [6, 6.07) is 15.3. The summed E-state index contributed by atoms with van der Waals surface area (Å²) in [6.45, 7) is 6.54. The topological polar surface area (TPSA) is 67.9 Å². The summed E-state index contributed by atoms with van der Waals surface area (Å²) >= 11 is 0. The summed E-state index contributed by atoms with van der Waals surface area (Å²) in [5.41, 5.74) is 2.16. The van der Waals surface area contributed by atoms with Gasteiger partial charge in [0, 0.05) is 19.0 Å². The summed E-state index contributed by atoms with van der Waals surface area (Å²) in [5, 5.41) is 3.00. The number of rotatable bonds is 10. The van der Waals surface area contributed by atoms with Crippen LogP contribution in [0.15, 0.2) is 48.5 Å². The zero-order valence-corrected chi connectivity index (χ0v) is 18.6. The standard InChI is InChI=1S/C25H32N2O4/c1-4-18(2)26-25(29)19(3)27(15-14-20-8-6-5-7-9-20)24(28)13-11-21-10-12-22-23(16-21)31-17-30-22/h5-10,12,16,18-19H,4,11,13-15,17H2,1-3H3,(H,26,29)/t18-,19-/m1/s1. The van der Waals surface area contributed by atoms with Crippen LogP contribution >= 0.6 is 0 Å².